The van der Waals surface area contributed by atoms with Crippen LogP contribution in [0.2, 0.25) is 0 Å². The predicted octanol–water partition coefficient (Wildman–Crippen LogP) is 0.446. The lowest BCUT2D eigenvalue weighted by atomic mass is 10.1. The molecule has 3 nitrogen and oxygen atoms in total. The Morgan fingerprint density at radius 3 is 3.08 bits per heavy atom. The lowest BCUT2D eigenvalue weighted by Gasteiger charge is -2.31. The Bertz CT molecular complexity index is 119. The van der Waals surface area contributed by atoms with Crippen molar-refractivity contribution in [3.8, 4) is 0 Å². The van der Waals surface area contributed by atoms with Crippen molar-refractivity contribution in [2.75, 3.05) is 33.3 Å². The van der Waals surface area contributed by atoms with Crippen LogP contribution in [0.15, 0.2) is 0 Å². The zero-order valence-corrected chi connectivity index (χ0v) is 7.96. The Kier molecular flexibility index (Phi) is 4.58. The number of likely N-dealkylation sites (tertiary alicyclic amines) is 1. The molecule has 0 spiro atoms. The molecule has 0 amide bonds. The first-order valence-electron chi connectivity index (χ1n) is 4.82. The Morgan fingerprint density at radius 2 is 2.42 bits per heavy atom. The van der Waals surface area contributed by atoms with Gasteiger partial charge in [0, 0.05) is 13.7 Å². The molecule has 0 bridgehead atoms. The van der Waals surface area contributed by atoms with E-state index in [2.05, 4.69) is 4.90 Å². The maximum absolute atomic E-state index is 5.45. The summed E-state index contributed by atoms with van der Waals surface area (Å²) < 4.78 is 5.33. The van der Waals surface area contributed by atoms with Crippen molar-refractivity contribution in [3.63, 3.8) is 0 Å². The van der Waals surface area contributed by atoms with Gasteiger partial charge in [-0.1, -0.05) is 0 Å². The lowest BCUT2D eigenvalue weighted by Crippen LogP contribution is -2.40. The van der Waals surface area contributed by atoms with Gasteiger partial charge in [0.2, 0.25) is 0 Å². The first kappa shape index (κ1) is 9.96. The first-order valence-corrected chi connectivity index (χ1v) is 4.82. The van der Waals surface area contributed by atoms with E-state index in [0.717, 1.165) is 26.1 Å². The fraction of sp³-hybridized carbons (Fsp3) is 1.00. The summed E-state index contributed by atoms with van der Waals surface area (Å²) in [5, 5.41) is 0. The molecular formula is C9H20N2O. The average Bonchev–Trinajstić information content (AvgIpc) is 2.15. The standard InChI is InChI=1S/C9H20N2O/c1-12-9-4-2-6-11(8-9)7-3-5-10/h9H,2-8,10H2,1H3. The number of ether oxygens (including phenoxy) is 1. The molecule has 1 rings (SSSR count). The van der Waals surface area contributed by atoms with Crippen LogP contribution in [0.3, 0.4) is 0 Å². The van der Waals surface area contributed by atoms with Gasteiger partial charge in [-0.25, -0.2) is 0 Å². The Morgan fingerprint density at radius 1 is 1.58 bits per heavy atom. The van der Waals surface area contributed by atoms with Gasteiger partial charge in [-0.3, -0.25) is 0 Å². The first-order chi connectivity index (χ1) is 5.86. The summed E-state index contributed by atoms with van der Waals surface area (Å²) in [6.45, 7) is 4.25. The molecule has 1 aliphatic heterocycles. The van der Waals surface area contributed by atoms with Crippen molar-refractivity contribution in [3.05, 3.63) is 0 Å². The van der Waals surface area contributed by atoms with E-state index < -0.39 is 0 Å². The van der Waals surface area contributed by atoms with Crippen molar-refractivity contribution in [2.45, 2.75) is 25.4 Å². The molecule has 2 N–H and O–H groups in total. The topological polar surface area (TPSA) is 38.5 Å². The summed E-state index contributed by atoms with van der Waals surface area (Å²) in [5.74, 6) is 0. The minimum atomic E-state index is 0.455. The number of nitrogens with zero attached hydrogens (tertiary/aromatic N) is 1. The van der Waals surface area contributed by atoms with Crippen molar-refractivity contribution >= 4 is 0 Å². The number of nitrogens with two attached hydrogens (primary N) is 1. The number of hydrogen-bond acceptors (Lipinski definition) is 3. The third kappa shape index (κ3) is 3.09. The SMILES string of the molecule is COC1CCCN(CCCN)C1. The molecule has 0 aromatic rings. The van der Waals surface area contributed by atoms with Crippen LogP contribution in [0.4, 0.5) is 0 Å². The highest BCUT2D eigenvalue weighted by atomic mass is 16.5. The summed E-state index contributed by atoms with van der Waals surface area (Å²) in [6, 6.07) is 0. The molecule has 0 aliphatic carbocycles. The van der Waals surface area contributed by atoms with Crippen LogP contribution >= 0.6 is 0 Å². The molecule has 0 aromatic heterocycles. The van der Waals surface area contributed by atoms with Crippen molar-refractivity contribution in [1.82, 2.24) is 4.90 Å². The smallest absolute Gasteiger partial charge is 0.0698 e. The monoisotopic (exact) mass is 172 g/mol. The van der Waals surface area contributed by atoms with Crippen molar-refractivity contribution in [1.29, 1.82) is 0 Å². The summed E-state index contributed by atoms with van der Waals surface area (Å²) in [6.07, 6.45) is 4.05. The molecule has 1 saturated heterocycles. The van der Waals surface area contributed by atoms with Crippen LogP contribution in [0, 0.1) is 0 Å². The Hall–Kier alpha value is -0.120. The molecule has 72 valence electrons. The third-order valence-corrected chi connectivity index (χ3v) is 2.47. The fourth-order valence-corrected chi connectivity index (χ4v) is 1.72. The zero-order chi connectivity index (χ0) is 8.81. The van der Waals surface area contributed by atoms with E-state index in [1.165, 1.54) is 19.4 Å². The van der Waals surface area contributed by atoms with Crippen LogP contribution in [-0.4, -0.2) is 44.3 Å². The number of hydrogen-bond donors (Lipinski definition) is 1. The van der Waals surface area contributed by atoms with E-state index in [4.69, 9.17) is 10.5 Å². The second kappa shape index (κ2) is 5.51. The maximum Gasteiger partial charge on any atom is 0.0698 e. The van der Waals surface area contributed by atoms with Gasteiger partial charge in [0.05, 0.1) is 6.10 Å². The van der Waals surface area contributed by atoms with E-state index >= 15 is 0 Å². The molecule has 1 fully saturated rings. The van der Waals surface area contributed by atoms with Gasteiger partial charge in [0.1, 0.15) is 0 Å². The molecule has 1 unspecified atom stereocenters. The number of rotatable bonds is 4. The highest BCUT2D eigenvalue weighted by molar-refractivity contribution is 4.72. The number of piperidine rings is 1. The average molecular weight is 172 g/mol. The maximum atomic E-state index is 5.45. The van der Waals surface area contributed by atoms with E-state index in [0.29, 0.717) is 6.10 Å². The quantitative estimate of drug-likeness (QED) is 0.669. The predicted molar refractivity (Wildman–Crippen MR) is 50.1 cm³/mol. The van der Waals surface area contributed by atoms with Gasteiger partial charge in [0.25, 0.3) is 0 Å². The van der Waals surface area contributed by atoms with Gasteiger partial charge in [-0.15, -0.1) is 0 Å². The summed E-state index contributed by atoms with van der Waals surface area (Å²) >= 11 is 0. The second-order valence-electron chi connectivity index (χ2n) is 3.44. The molecule has 3 heteroatoms. The Labute approximate surface area is 74.9 Å². The van der Waals surface area contributed by atoms with Gasteiger partial charge >= 0.3 is 0 Å². The van der Waals surface area contributed by atoms with E-state index in [9.17, 15) is 0 Å². The minimum absolute atomic E-state index is 0.455. The second-order valence-corrected chi connectivity index (χ2v) is 3.44. The molecule has 0 aromatic carbocycles. The molecule has 1 heterocycles. The van der Waals surface area contributed by atoms with Crippen molar-refractivity contribution in [2.24, 2.45) is 5.73 Å². The van der Waals surface area contributed by atoms with Crippen molar-refractivity contribution < 1.29 is 4.74 Å². The molecule has 12 heavy (non-hydrogen) atoms. The van der Waals surface area contributed by atoms with E-state index in [1.807, 2.05) is 0 Å². The van der Waals surface area contributed by atoms with Gasteiger partial charge in [0.15, 0.2) is 0 Å². The number of methoxy groups -OCH3 is 1. The minimum Gasteiger partial charge on any atom is -0.380 e. The highest BCUT2D eigenvalue weighted by Crippen LogP contribution is 2.12. The molecule has 1 atom stereocenters. The van der Waals surface area contributed by atoms with Crippen LogP contribution in [0.1, 0.15) is 19.3 Å². The van der Waals surface area contributed by atoms with Crippen LogP contribution < -0.4 is 5.73 Å². The normalized spacial score (nSPS) is 26.0. The van der Waals surface area contributed by atoms with Gasteiger partial charge in [-0.2, -0.15) is 0 Å². The Balaban J connectivity index is 2.16. The summed E-state index contributed by atoms with van der Waals surface area (Å²) in [7, 11) is 1.80. The lowest BCUT2D eigenvalue weighted by molar-refractivity contribution is 0.0313. The molecule has 0 radical (unpaired) electrons. The molecule has 0 saturated carbocycles. The highest BCUT2D eigenvalue weighted by Gasteiger charge is 2.18. The zero-order valence-electron chi connectivity index (χ0n) is 7.96. The van der Waals surface area contributed by atoms with Crippen LogP contribution in [-0.2, 0) is 4.74 Å². The summed E-state index contributed by atoms with van der Waals surface area (Å²) in [5.41, 5.74) is 5.45. The van der Waals surface area contributed by atoms with E-state index in [1.54, 1.807) is 7.11 Å². The van der Waals surface area contributed by atoms with Crippen LogP contribution in [0.5, 0.6) is 0 Å². The molecule has 1 aliphatic rings. The van der Waals surface area contributed by atoms with Crippen LogP contribution in [0.25, 0.3) is 0 Å². The van der Waals surface area contributed by atoms with Gasteiger partial charge in [-0.05, 0) is 38.9 Å². The third-order valence-electron chi connectivity index (χ3n) is 2.47. The fourth-order valence-electron chi connectivity index (χ4n) is 1.72. The van der Waals surface area contributed by atoms with Gasteiger partial charge < -0.3 is 15.4 Å². The largest absolute Gasteiger partial charge is 0.380 e. The van der Waals surface area contributed by atoms with E-state index in [-0.39, 0.29) is 0 Å². The molecular weight excluding hydrogens is 152 g/mol. The summed E-state index contributed by atoms with van der Waals surface area (Å²) in [4.78, 5) is 2.45.